The monoisotopic (exact) mass is 288 g/mol. The summed E-state index contributed by atoms with van der Waals surface area (Å²) in [5.41, 5.74) is 6.99. The van der Waals surface area contributed by atoms with Crippen LogP contribution in [0, 0.1) is 17.8 Å². The SMILES string of the molecule is NCC#Cc1ccccc1NC(=O)CC1CCSCC1. The highest BCUT2D eigenvalue weighted by Gasteiger charge is 2.17. The average molecular weight is 288 g/mol. The van der Waals surface area contributed by atoms with E-state index < -0.39 is 0 Å². The average Bonchev–Trinajstić information content (AvgIpc) is 2.47. The second kappa shape index (κ2) is 7.98. The summed E-state index contributed by atoms with van der Waals surface area (Å²) in [5.74, 6) is 8.78. The van der Waals surface area contributed by atoms with Gasteiger partial charge in [-0.15, -0.1) is 0 Å². The highest BCUT2D eigenvalue weighted by atomic mass is 32.2. The van der Waals surface area contributed by atoms with Crippen LogP contribution in [0.4, 0.5) is 5.69 Å². The molecule has 0 unspecified atom stereocenters. The first-order valence-corrected chi connectivity index (χ1v) is 8.10. The highest BCUT2D eigenvalue weighted by Crippen LogP contribution is 2.25. The number of thioether (sulfide) groups is 1. The minimum atomic E-state index is 0.0869. The molecule has 1 aliphatic heterocycles. The maximum absolute atomic E-state index is 12.1. The number of nitrogens with two attached hydrogens (primary N) is 1. The third-order valence-corrected chi connectivity index (χ3v) is 4.39. The third kappa shape index (κ3) is 4.59. The Labute approximate surface area is 124 Å². The van der Waals surface area contributed by atoms with Gasteiger partial charge in [-0.25, -0.2) is 0 Å². The summed E-state index contributed by atoms with van der Waals surface area (Å²) in [6, 6.07) is 7.60. The number of carbonyl (C=O) groups excluding carboxylic acids is 1. The number of rotatable bonds is 3. The van der Waals surface area contributed by atoms with Crippen molar-refractivity contribution in [1.82, 2.24) is 0 Å². The molecule has 1 amide bonds. The summed E-state index contributed by atoms with van der Waals surface area (Å²) in [4.78, 5) is 12.1. The lowest BCUT2D eigenvalue weighted by Crippen LogP contribution is -2.20. The minimum absolute atomic E-state index is 0.0869. The standard InChI is InChI=1S/C16H20N2OS/c17-9-3-5-14-4-1-2-6-15(14)18-16(19)12-13-7-10-20-11-8-13/h1-2,4,6,13H,7-12,17H2,(H,18,19). The fourth-order valence-electron chi connectivity index (χ4n) is 2.26. The maximum Gasteiger partial charge on any atom is 0.224 e. The van der Waals surface area contributed by atoms with Gasteiger partial charge in [-0.1, -0.05) is 24.0 Å². The number of nitrogens with one attached hydrogen (secondary N) is 1. The van der Waals surface area contributed by atoms with Crippen molar-refractivity contribution in [2.45, 2.75) is 19.3 Å². The van der Waals surface area contributed by atoms with E-state index in [4.69, 9.17) is 5.73 Å². The van der Waals surface area contributed by atoms with E-state index in [0.29, 0.717) is 18.9 Å². The summed E-state index contributed by atoms with van der Waals surface area (Å²) < 4.78 is 0. The van der Waals surface area contributed by atoms with Crippen molar-refractivity contribution in [3.05, 3.63) is 29.8 Å². The number of para-hydroxylation sites is 1. The van der Waals surface area contributed by atoms with Crippen LogP contribution >= 0.6 is 11.8 Å². The lowest BCUT2D eigenvalue weighted by molar-refractivity contribution is -0.117. The largest absolute Gasteiger partial charge is 0.325 e. The molecule has 1 heterocycles. The molecule has 4 heteroatoms. The van der Waals surface area contributed by atoms with Crippen LogP contribution in [0.1, 0.15) is 24.8 Å². The Bertz CT molecular complexity index is 513. The zero-order valence-corrected chi connectivity index (χ0v) is 12.3. The van der Waals surface area contributed by atoms with E-state index >= 15 is 0 Å². The van der Waals surface area contributed by atoms with Crippen LogP contribution in [0.15, 0.2) is 24.3 Å². The van der Waals surface area contributed by atoms with Crippen LogP contribution in [0.2, 0.25) is 0 Å². The summed E-state index contributed by atoms with van der Waals surface area (Å²) in [6.07, 6.45) is 2.90. The Balaban J connectivity index is 1.96. The number of benzene rings is 1. The van der Waals surface area contributed by atoms with E-state index in [1.807, 2.05) is 36.0 Å². The van der Waals surface area contributed by atoms with Crippen molar-refractivity contribution in [2.24, 2.45) is 11.7 Å². The van der Waals surface area contributed by atoms with Gasteiger partial charge in [0.1, 0.15) is 0 Å². The van der Waals surface area contributed by atoms with Gasteiger partial charge in [0.15, 0.2) is 0 Å². The zero-order valence-electron chi connectivity index (χ0n) is 11.5. The molecule has 3 nitrogen and oxygen atoms in total. The first-order chi connectivity index (χ1) is 9.79. The Kier molecular flexibility index (Phi) is 5.97. The second-order valence-corrected chi connectivity index (χ2v) is 6.08. The lowest BCUT2D eigenvalue weighted by atomic mass is 9.98. The van der Waals surface area contributed by atoms with Crippen LogP contribution in [0.25, 0.3) is 0 Å². The number of amides is 1. The molecular weight excluding hydrogens is 268 g/mol. The molecular formula is C16H20N2OS. The van der Waals surface area contributed by atoms with Crippen molar-refractivity contribution in [1.29, 1.82) is 0 Å². The molecule has 0 spiro atoms. The fraction of sp³-hybridized carbons (Fsp3) is 0.438. The molecule has 1 saturated heterocycles. The van der Waals surface area contributed by atoms with Gasteiger partial charge < -0.3 is 11.1 Å². The summed E-state index contributed by atoms with van der Waals surface area (Å²) >= 11 is 1.98. The predicted octanol–water partition coefficient (Wildman–Crippen LogP) is 2.47. The van der Waals surface area contributed by atoms with Gasteiger partial charge in [-0.2, -0.15) is 11.8 Å². The Hall–Kier alpha value is -1.44. The van der Waals surface area contributed by atoms with Crippen LogP contribution in [-0.2, 0) is 4.79 Å². The van der Waals surface area contributed by atoms with Crippen molar-refractivity contribution in [3.63, 3.8) is 0 Å². The fourth-order valence-corrected chi connectivity index (χ4v) is 3.47. The Morgan fingerprint density at radius 3 is 2.85 bits per heavy atom. The molecule has 1 aromatic rings. The van der Waals surface area contributed by atoms with Gasteiger partial charge in [0.05, 0.1) is 12.2 Å². The minimum Gasteiger partial charge on any atom is -0.325 e. The maximum atomic E-state index is 12.1. The molecule has 20 heavy (non-hydrogen) atoms. The number of anilines is 1. The predicted molar refractivity (Wildman–Crippen MR) is 85.7 cm³/mol. The zero-order chi connectivity index (χ0) is 14.2. The van der Waals surface area contributed by atoms with Crippen LogP contribution in [0.5, 0.6) is 0 Å². The molecule has 0 aliphatic carbocycles. The smallest absolute Gasteiger partial charge is 0.224 e. The van der Waals surface area contributed by atoms with E-state index in [9.17, 15) is 4.79 Å². The Morgan fingerprint density at radius 2 is 2.10 bits per heavy atom. The molecule has 0 aromatic heterocycles. The van der Waals surface area contributed by atoms with Gasteiger partial charge in [0.2, 0.25) is 5.91 Å². The van der Waals surface area contributed by atoms with Crippen LogP contribution < -0.4 is 11.1 Å². The number of hydrogen-bond acceptors (Lipinski definition) is 3. The van der Waals surface area contributed by atoms with Crippen molar-refractivity contribution in [3.8, 4) is 11.8 Å². The quantitative estimate of drug-likeness (QED) is 0.840. The first kappa shape index (κ1) is 15.0. The first-order valence-electron chi connectivity index (χ1n) is 6.95. The molecule has 0 bridgehead atoms. The van der Waals surface area contributed by atoms with Crippen LogP contribution in [0.3, 0.4) is 0 Å². The van der Waals surface area contributed by atoms with E-state index in [2.05, 4.69) is 17.2 Å². The molecule has 0 radical (unpaired) electrons. The normalized spacial score (nSPS) is 15.2. The molecule has 1 fully saturated rings. The number of carbonyl (C=O) groups is 1. The highest BCUT2D eigenvalue weighted by molar-refractivity contribution is 7.99. The van der Waals surface area contributed by atoms with E-state index in [1.54, 1.807) is 0 Å². The summed E-state index contributed by atoms with van der Waals surface area (Å²) in [7, 11) is 0. The second-order valence-electron chi connectivity index (χ2n) is 4.86. The van der Waals surface area contributed by atoms with E-state index in [1.165, 1.54) is 11.5 Å². The van der Waals surface area contributed by atoms with Gasteiger partial charge >= 0.3 is 0 Å². The molecule has 106 valence electrons. The van der Waals surface area contributed by atoms with Crippen LogP contribution in [-0.4, -0.2) is 24.0 Å². The van der Waals surface area contributed by atoms with Crippen molar-refractivity contribution < 1.29 is 4.79 Å². The molecule has 0 saturated carbocycles. The summed E-state index contributed by atoms with van der Waals surface area (Å²) in [6.45, 7) is 0.321. The molecule has 0 atom stereocenters. The lowest BCUT2D eigenvalue weighted by Gasteiger charge is -2.20. The third-order valence-electron chi connectivity index (χ3n) is 3.34. The van der Waals surface area contributed by atoms with Crippen molar-refractivity contribution in [2.75, 3.05) is 23.4 Å². The molecule has 3 N–H and O–H groups in total. The van der Waals surface area contributed by atoms with Crippen molar-refractivity contribution >= 4 is 23.4 Å². The van der Waals surface area contributed by atoms with E-state index in [-0.39, 0.29) is 5.91 Å². The van der Waals surface area contributed by atoms with Gasteiger partial charge in [-0.05, 0) is 42.4 Å². The van der Waals surface area contributed by atoms with E-state index in [0.717, 1.165) is 24.1 Å². The molecule has 1 aliphatic rings. The topological polar surface area (TPSA) is 55.1 Å². The van der Waals surface area contributed by atoms with Gasteiger partial charge in [0, 0.05) is 12.0 Å². The summed E-state index contributed by atoms with van der Waals surface area (Å²) in [5, 5.41) is 2.98. The van der Waals surface area contributed by atoms with Gasteiger partial charge in [-0.3, -0.25) is 4.79 Å². The number of hydrogen-bond donors (Lipinski definition) is 2. The molecule has 1 aromatic carbocycles. The Morgan fingerprint density at radius 1 is 1.35 bits per heavy atom. The van der Waals surface area contributed by atoms with Gasteiger partial charge in [0.25, 0.3) is 0 Å². The molecule has 2 rings (SSSR count).